The Morgan fingerprint density at radius 2 is 1.79 bits per heavy atom. The third kappa shape index (κ3) is 4.44. The van der Waals surface area contributed by atoms with Crippen molar-refractivity contribution >= 4 is 10.9 Å². The summed E-state index contributed by atoms with van der Waals surface area (Å²) in [6.07, 6.45) is -0.280. The van der Waals surface area contributed by atoms with Crippen LogP contribution in [-0.4, -0.2) is 67.9 Å². The number of nitrogens with one attached hydrogen (secondary N) is 1. The van der Waals surface area contributed by atoms with E-state index in [2.05, 4.69) is 28.4 Å². The summed E-state index contributed by atoms with van der Waals surface area (Å²) in [5.74, 6) is 0.466. The Bertz CT molecular complexity index is 1160. The Balaban J connectivity index is 1.39. The van der Waals surface area contributed by atoms with Crippen molar-refractivity contribution < 1.29 is 29.9 Å². The number of aryl methyl sites for hydroxylation is 5. The van der Waals surface area contributed by atoms with Crippen molar-refractivity contribution in [3.63, 3.8) is 0 Å². The van der Waals surface area contributed by atoms with Gasteiger partial charge in [0, 0.05) is 5.69 Å². The molecule has 5 N–H and O–H groups in total. The molecule has 5 unspecified atom stereocenters. The van der Waals surface area contributed by atoms with Gasteiger partial charge < -0.3 is 29.9 Å². The number of aliphatic hydroxyl groups is 4. The van der Waals surface area contributed by atoms with Crippen molar-refractivity contribution in [3.8, 4) is 5.75 Å². The van der Waals surface area contributed by atoms with E-state index < -0.39 is 37.3 Å². The van der Waals surface area contributed by atoms with Crippen LogP contribution in [0.25, 0.3) is 10.9 Å². The van der Waals surface area contributed by atoms with Crippen LogP contribution >= 0.6 is 0 Å². The standard InChI is InChI=1S/C26H32N2O6/c1-14-10-19-22(20(11-14)33-26-25(32)24(31)23(30)21(13-29)34-26)18(27-28-19)9-7-15-6-8-16-4-2-3-5-17(16)12-15/h6,8,10-12,21,23-26,29-32H,2-5,7,9,13H2,1H3,(H,27,28). The fourth-order valence-electron chi connectivity index (χ4n) is 5.09. The highest BCUT2D eigenvalue weighted by molar-refractivity contribution is 5.88. The van der Waals surface area contributed by atoms with E-state index in [1.807, 2.05) is 19.1 Å². The largest absolute Gasteiger partial charge is 0.461 e. The molecule has 2 heterocycles. The highest BCUT2D eigenvalue weighted by Gasteiger charge is 2.45. The molecule has 1 saturated heterocycles. The minimum Gasteiger partial charge on any atom is -0.461 e. The first kappa shape index (κ1) is 23.3. The lowest BCUT2D eigenvalue weighted by atomic mass is 9.89. The molecule has 2 aromatic carbocycles. The summed E-state index contributed by atoms with van der Waals surface area (Å²) in [5.41, 5.74) is 6.77. The van der Waals surface area contributed by atoms with E-state index in [0.29, 0.717) is 5.75 Å². The number of rotatable bonds is 6. The minimum absolute atomic E-state index is 0.466. The van der Waals surface area contributed by atoms with Crippen LogP contribution in [0.3, 0.4) is 0 Å². The van der Waals surface area contributed by atoms with E-state index in [4.69, 9.17) is 9.47 Å². The van der Waals surface area contributed by atoms with E-state index in [0.717, 1.165) is 41.4 Å². The lowest BCUT2D eigenvalue weighted by molar-refractivity contribution is -0.277. The lowest BCUT2D eigenvalue weighted by Gasteiger charge is -2.39. The third-order valence-corrected chi connectivity index (χ3v) is 7.01. The summed E-state index contributed by atoms with van der Waals surface area (Å²) in [6.45, 7) is 1.41. The van der Waals surface area contributed by atoms with Gasteiger partial charge in [0.15, 0.2) is 0 Å². The predicted octanol–water partition coefficient (Wildman–Crippen LogP) is 1.71. The minimum atomic E-state index is -1.50. The number of benzene rings is 2. The van der Waals surface area contributed by atoms with Gasteiger partial charge in [0.25, 0.3) is 0 Å². The SMILES string of the molecule is Cc1cc(OC2OC(CO)C(O)C(O)C2O)c2c(CCc3ccc4c(c3)CCCC4)[nH]nc2c1. The molecule has 1 aliphatic carbocycles. The molecule has 2 aliphatic rings. The fourth-order valence-corrected chi connectivity index (χ4v) is 5.09. The van der Waals surface area contributed by atoms with Gasteiger partial charge in [-0.1, -0.05) is 18.2 Å². The van der Waals surface area contributed by atoms with Gasteiger partial charge in [-0.15, -0.1) is 0 Å². The van der Waals surface area contributed by atoms with Crippen molar-refractivity contribution in [3.05, 3.63) is 58.3 Å². The fraction of sp³-hybridized carbons (Fsp3) is 0.500. The Kier molecular flexibility index (Phi) is 6.59. The first-order valence-corrected chi connectivity index (χ1v) is 12.0. The van der Waals surface area contributed by atoms with Gasteiger partial charge in [0.1, 0.15) is 30.2 Å². The predicted molar refractivity (Wildman–Crippen MR) is 126 cm³/mol. The van der Waals surface area contributed by atoms with Gasteiger partial charge in [-0.25, -0.2) is 0 Å². The Labute approximate surface area is 198 Å². The first-order valence-electron chi connectivity index (χ1n) is 12.0. The molecule has 8 heteroatoms. The number of nitrogens with zero attached hydrogens (tertiary/aromatic N) is 1. The van der Waals surface area contributed by atoms with Gasteiger partial charge in [-0.05, 0) is 79.8 Å². The van der Waals surface area contributed by atoms with Crippen molar-refractivity contribution in [2.75, 3.05) is 6.61 Å². The molecule has 5 rings (SSSR count). The quantitative estimate of drug-likeness (QED) is 0.373. The molecule has 0 saturated carbocycles. The van der Waals surface area contributed by atoms with Crippen LogP contribution in [-0.2, 0) is 30.4 Å². The van der Waals surface area contributed by atoms with Gasteiger partial charge in [-0.2, -0.15) is 5.10 Å². The molecule has 3 aromatic rings. The second-order valence-electron chi connectivity index (χ2n) is 9.48. The van der Waals surface area contributed by atoms with Crippen LogP contribution in [0, 0.1) is 6.92 Å². The molecule has 0 bridgehead atoms. The average Bonchev–Trinajstić information content (AvgIpc) is 3.25. The third-order valence-electron chi connectivity index (χ3n) is 7.01. The number of ether oxygens (including phenoxy) is 2. The number of aromatic amines is 1. The molecule has 1 aliphatic heterocycles. The van der Waals surface area contributed by atoms with Crippen LogP contribution in [0.2, 0.25) is 0 Å². The van der Waals surface area contributed by atoms with Crippen LogP contribution in [0.4, 0.5) is 0 Å². The summed E-state index contributed by atoms with van der Waals surface area (Å²) < 4.78 is 11.6. The van der Waals surface area contributed by atoms with Crippen molar-refractivity contribution in [2.24, 2.45) is 0 Å². The Hall–Kier alpha value is -2.49. The van der Waals surface area contributed by atoms with E-state index in [-0.39, 0.29) is 0 Å². The number of hydrogen-bond donors (Lipinski definition) is 5. The van der Waals surface area contributed by atoms with Crippen LogP contribution in [0.15, 0.2) is 30.3 Å². The molecule has 5 atom stereocenters. The van der Waals surface area contributed by atoms with Crippen LogP contribution < -0.4 is 4.74 Å². The highest BCUT2D eigenvalue weighted by atomic mass is 16.7. The Morgan fingerprint density at radius 3 is 2.59 bits per heavy atom. The normalized spacial score (nSPS) is 27.0. The van der Waals surface area contributed by atoms with E-state index in [1.54, 1.807) is 0 Å². The van der Waals surface area contributed by atoms with E-state index in [1.165, 1.54) is 36.0 Å². The molecule has 0 radical (unpaired) electrons. The van der Waals surface area contributed by atoms with Crippen LogP contribution in [0.1, 0.15) is 40.8 Å². The number of fused-ring (bicyclic) bond motifs is 2. The van der Waals surface area contributed by atoms with Gasteiger partial charge in [-0.3, -0.25) is 5.10 Å². The Morgan fingerprint density at radius 1 is 1.00 bits per heavy atom. The topological polar surface area (TPSA) is 128 Å². The molecule has 1 aromatic heterocycles. The maximum atomic E-state index is 10.4. The van der Waals surface area contributed by atoms with Gasteiger partial charge in [0.2, 0.25) is 6.29 Å². The number of aliphatic hydroxyl groups excluding tert-OH is 4. The summed E-state index contributed by atoms with van der Waals surface area (Å²) in [4.78, 5) is 0. The summed E-state index contributed by atoms with van der Waals surface area (Å²) in [7, 11) is 0. The lowest BCUT2D eigenvalue weighted by Crippen LogP contribution is -2.60. The number of hydrogen-bond acceptors (Lipinski definition) is 7. The molecule has 8 nitrogen and oxygen atoms in total. The maximum absolute atomic E-state index is 10.4. The molecule has 1 fully saturated rings. The molecule has 0 spiro atoms. The van der Waals surface area contributed by atoms with E-state index in [9.17, 15) is 20.4 Å². The molecule has 0 amide bonds. The zero-order chi connectivity index (χ0) is 23.8. The monoisotopic (exact) mass is 468 g/mol. The summed E-state index contributed by atoms with van der Waals surface area (Å²) >= 11 is 0. The molecular weight excluding hydrogens is 436 g/mol. The molecule has 34 heavy (non-hydrogen) atoms. The average molecular weight is 469 g/mol. The maximum Gasteiger partial charge on any atom is 0.229 e. The second kappa shape index (κ2) is 9.64. The second-order valence-corrected chi connectivity index (χ2v) is 9.48. The summed E-state index contributed by atoms with van der Waals surface area (Å²) in [5, 5.41) is 48.5. The van der Waals surface area contributed by atoms with Crippen molar-refractivity contribution in [2.45, 2.75) is 76.2 Å². The summed E-state index contributed by atoms with van der Waals surface area (Å²) in [6, 6.07) is 10.6. The van der Waals surface area contributed by atoms with Crippen LogP contribution in [0.5, 0.6) is 5.75 Å². The van der Waals surface area contributed by atoms with Gasteiger partial charge >= 0.3 is 0 Å². The number of H-pyrrole nitrogens is 1. The van der Waals surface area contributed by atoms with Crippen molar-refractivity contribution in [1.82, 2.24) is 10.2 Å². The van der Waals surface area contributed by atoms with E-state index >= 15 is 0 Å². The van der Waals surface area contributed by atoms with Gasteiger partial charge in [0.05, 0.1) is 17.5 Å². The number of aromatic nitrogens is 2. The molecular formula is C26H32N2O6. The first-order chi connectivity index (χ1) is 16.4. The van der Waals surface area contributed by atoms with Crippen molar-refractivity contribution in [1.29, 1.82) is 0 Å². The zero-order valence-corrected chi connectivity index (χ0v) is 19.3. The molecule has 182 valence electrons. The smallest absolute Gasteiger partial charge is 0.229 e. The zero-order valence-electron chi connectivity index (χ0n) is 19.3. The highest BCUT2D eigenvalue weighted by Crippen LogP contribution is 2.33.